The number of nitrogens with zero attached hydrogens (tertiary/aromatic N) is 2. The first kappa shape index (κ1) is 18.6. The smallest absolute Gasteiger partial charge is 0.313 e. The fourth-order valence-corrected chi connectivity index (χ4v) is 4.64. The normalized spacial score (nSPS) is 16.9. The predicted octanol–water partition coefficient (Wildman–Crippen LogP) is 4.61. The first-order chi connectivity index (χ1) is 13.5. The number of aromatic nitrogens is 1. The monoisotopic (exact) mass is 393 g/mol. The highest BCUT2D eigenvalue weighted by atomic mass is 32.1. The standard InChI is InChI=1S/C22H23N3O2S/c1-14-6-11-18-19(13-14)28-21(24-18)16-7-9-17(10-8-16)23-20(26)22(27)25-12-4-3-5-15(25)2/h6-11,13,15H,3-5,12H2,1-2H3,(H,23,26). The first-order valence-electron chi connectivity index (χ1n) is 9.61. The zero-order valence-electron chi connectivity index (χ0n) is 16.1. The number of rotatable bonds is 2. The Labute approximate surface area is 168 Å². The lowest BCUT2D eigenvalue weighted by atomic mass is 10.0. The van der Waals surface area contributed by atoms with Crippen molar-refractivity contribution in [2.45, 2.75) is 39.2 Å². The highest BCUT2D eigenvalue weighted by molar-refractivity contribution is 7.21. The summed E-state index contributed by atoms with van der Waals surface area (Å²) in [5.74, 6) is -1.02. The minimum atomic E-state index is -0.572. The van der Waals surface area contributed by atoms with Gasteiger partial charge in [0, 0.05) is 23.8 Å². The molecule has 0 radical (unpaired) electrons. The van der Waals surface area contributed by atoms with Crippen LogP contribution < -0.4 is 5.32 Å². The predicted molar refractivity (Wildman–Crippen MR) is 113 cm³/mol. The van der Waals surface area contributed by atoms with Crippen LogP contribution in [-0.4, -0.2) is 34.3 Å². The lowest BCUT2D eigenvalue weighted by molar-refractivity contribution is -0.145. The molecule has 0 saturated carbocycles. The van der Waals surface area contributed by atoms with E-state index < -0.39 is 11.8 Å². The molecule has 1 fully saturated rings. The summed E-state index contributed by atoms with van der Waals surface area (Å²) in [5, 5.41) is 3.67. The Kier molecular flexibility index (Phi) is 5.13. The number of hydrogen-bond donors (Lipinski definition) is 1. The number of hydrogen-bond acceptors (Lipinski definition) is 4. The Morgan fingerprint density at radius 3 is 2.68 bits per heavy atom. The minimum absolute atomic E-state index is 0.122. The summed E-state index contributed by atoms with van der Waals surface area (Å²) in [6.45, 7) is 4.73. The highest BCUT2D eigenvalue weighted by Gasteiger charge is 2.28. The number of carbonyl (C=O) groups is 2. The molecule has 1 aliphatic heterocycles. The molecular formula is C22H23N3O2S. The largest absolute Gasteiger partial charge is 0.332 e. The van der Waals surface area contributed by atoms with Crippen LogP contribution in [0.2, 0.25) is 0 Å². The van der Waals surface area contributed by atoms with Gasteiger partial charge in [-0.15, -0.1) is 11.3 Å². The van der Waals surface area contributed by atoms with Crippen LogP contribution in [0.15, 0.2) is 42.5 Å². The second-order valence-corrected chi connectivity index (χ2v) is 8.40. The van der Waals surface area contributed by atoms with Gasteiger partial charge in [-0.25, -0.2) is 4.98 Å². The third kappa shape index (κ3) is 3.78. The van der Waals surface area contributed by atoms with Crippen LogP contribution in [0.1, 0.15) is 31.7 Å². The number of anilines is 1. The van der Waals surface area contributed by atoms with Gasteiger partial charge < -0.3 is 10.2 Å². The van der Waals surface area contributed by atoms with Gasteiger partial charge >= 0.3 is 11.8 Å². The van der Waals surface area contributed by atoms with Crippen LogP contribution in [0.25, 0.3) is 20.8 Å². The number of amides is 2. The molecule has 2 amide bonds. The van der Waals surface area contributed by atoms with Gasteiger partial charge in [-0.2, -0.15) is 0 Å². The third-order valence-corrected chi connectivity index (χ3v) is 6.26. The maximum absolute atomic E-state index is 12.4. The fourth-order valence-electron chi connectivity index (χ4n) is 3.57. The Hall–Kier alpha value is -2.73. The zero-order chi connectivity index (χ0) is 19.7. The average Bonchev–Trinajstić information content (AvgIpc) is 3.11. The molecule has 3 aromatic rings. The average molecular weight is 394 g/mol. The van der Waals surface area contributed by atoms with Gasteiger partial charge in [0.1, 0.15) is 5.01 Å². The van der Waals surface area contributed by atoms with E-state index in [2.05, 4.69) is 29.4 Å². The second-order valence-electron chi connectivity index (χ2n) is 7.37. The van der Waals surface area contributed by atoms with E-state index in [9.17, 15) is 9.59 Å². The Morgan fingerprint density at radius 2 is 1.93 bits per heavy atom. The third-order valence-electron chi connectivity index (χ3n) is 5.19. The number of thiazole rings is 1. The van der Waals surface area contributed by atoms with E-state index in [4.69, 9.17) is 0 Å². The van der Waals surface area contributed by atoms with Crippen LogP contribution in [0.5, 0.6) is 0 Å². The van der Waals surface area contributed by atoms with Crippen LogP contribution in [0.4, 0.5) is 5.69 Å². The summed E-state index contributed by atoms with van der Waals surface area (Å²) in [4.78, 5) is 31.1. The van der Waals surface area contributed by atoms with E-state index in [-0.39, 0.29) is 6.04 Å². The molecule has 0 bridgehead atoms. The minimum Gasteiger partial charge on any atom is -0.332 e. The topological polar surface area (TPSA) is 62.3 Å². The van der Waals surface area contributed by atoms with Crippen molar-refractivity contribution in [2.24, 2.45) is 0 Å². The van der Waals surface area contributed by atoms with E-state index in [0.29, 0.717) is 12.2 Å². The summed E-state index contributed by atoms with van der Waals surface area (Å²) in [7, 11) is 0. The molecule has 1 N–H and O–H groups in total. The van der Waals surface area contributed by atoms with Crippen molar-refractivity contribution in [3.63, 3.8) is 0 Å². The van der Waals surface area contributed by atoms with Gasteiger partial charge in [0.05, 0.1) is 10.2 Å². The van der Waals surface area contributed by atoms with Crippen molar-refractivity contribution in [3.05, 3.63) is 48.0 Å². The van der Waals surface area contributed by atoms with Crippen LogP contribution >= 0.6 is 11.3 Å². The van der Waals surface area contributed by atoms with Gasteiger partial charge in [-0.05, 0) is 75.1 Å². The first-order valence-corrected chi connectivity index (χ1v) is 10.4. The van der Waals surface area contributed by atoms with E-state index >= 15 is 0 Å². The van der Waals surface area contributed by atoms with E-state index in [1.807, 2.05) is 37.3 Å². The van der Waals surface area contributed by atoms with E-state index in [0.717, 1.165) is 40.1 Å². The van der Waals surface area contributed by atoms with Gasteiger partial charge in [-0.1, -0.05) is 6.07 Å². The second kappa shape index (κ2) is 7.72. The Morgan fingerprint density at radius 1 is 1.14 bits per heavy atom. The quantitative estimate of drug-likeness (QED) is 0.647. The Bertz CT molecular complexity index is 1030. The maximum atomic E-state index is 12.4. The van der Waals surface area contributed by atoms with Gasteiger partial charge in [0.2, 0.25) is 0 Å². The summed E-state index contributed by atoms with van der Waals surface area (Å²) in [6.07, 6.45) is 3.02. The molecular weight excluding hydrogens is 370 g/mol. The number of benzene rings is 2. The number of likely N-dealkylation sites (tertiary alicyclic amines) is 1. The lowest BCUT2D eigenvalue weighted by Gasteiger charge is -2.32. The molecule has 2 aromatic carbocycles. The zero-order valence-corrected chi connectivity index (χ0v) is 16.9. The van der Waals surface area contributed by atoms with Gasteiger partial charge in [-0.3, -0.25) is 9.59 Å². The molecule has 0 spiro atoms. The van der Waals surface area contributed by atoms with Gasteiger partial charge in [0.15, 0.2) is 0 Å². The fraction of sp³-hybridized carbons (Fsp3) is 0.318. The molecule has 1 unspecified atom stereocenters. The molecule has 1 aromatic heterocycles. The number of nitrogens with one attached hydrogen (secondary N) is 1. The molecule has 2 heterocycles. The lowest BCUT2D eigenvalue weighted by Crippen LogP contribution is -2.47. The van der Waals surface area contributed by atoms with Crippen molar-refractivity contribution < 1.29 is 9.59 Å². The van der Waals surface area contributed by atoms with Gasteiger partial charge in [0.25, 0.3) is 0 Å². The molecule has 1 atom stereocenters. The van der Waals surface area contributed by atoms with Crippen molar-refractivity contribution >= 4 is 39.1 Å². The van der Waals surface area contributed by atoms with E-state index in [1.54, 1.807) is 16.2 Å². The van der Waals surface area contributed by atoms with Crippen molar-refractivity contribution in [3.8, 4) is 10.6 Å². The molecule has 1 aliphatic rings. The number of fused-ring (bicyclic) bond motifs is 1. The molecule has 144 valence electrons. The number of carbonyl (C=O) groups excluding carboxylic acids is 2. The van der Waals surface area contributed by atoms with Crippen LogP contribution in [0, 0.1) is 6.92 Å². The highest BCUT2D eigenvalue weighted by Crippen LogP contribution is 2.31. The summed E-state index contributed by atoms with van der Waals surface area (Å²) < 4.78 is 1.16. The molecule has 4 rings (SSSR count). The Balaban J connectivity index is 1.46. The maximum Gasteiger partial charge on any atom is 0.313 e. The van der Waals surface area contributed by atoms with Crippen molar-refractivity contribution in [2.75, 3.05) is 11.9 Å². The number of piperidine rings is 1. The molecule has 0 aliphatic carbocycles. The van der Waals surface area contributed by atoms with Crippen LogP contribution in [0.3, 0.4) is 0 Å². The summed E-state index contributed by atoms with van der Waals surface area (Å²) in [6, 6.07) is 13.8. The molecule has 5 nitrogen and oxygen atoms in total. The molecule has 28 heavy (non-hydrogen) atoms. The van der Waals surface area contributed by atoms with Crippen molar-refractivity contribution in [1.29, 1.82) is 0 Å². The van der Waals surface area contributed by atoms with Crippen molar-refractivity contribution in [1.82, 2.24) is 9.88 Å². The van der Waals surface area contributed by atoms with Crippen LogP contribution in [-0.2, 0) is 9.59 Å². The summed E-state index contributed by atoms with van der Waals surface area (Å²) >= 11 is 1.65. The summed E-state index contributed by atoms with van der Waals surface area (Å²) in [5.41, 5.74) is 3.81. The van der Waals surface area contributed by atoms with E-state index in [1.165, 1.54) is 5.56 Å². The molecule has 6 heteroatoms. The molecule has 1 saturated heterocycles. The number of aryl methyl sites for hydroxylation is 1. The SMILES string of the molecule is Cc1ccc2nc(-c3ccc(NC(=O)C(=O)N4CCCCC4C)cc3)sc2c1.